The average Bonchev–Trinajstić information content (AvgIpc) is 2.82. The third kappa shape index (κ3) is 3.54. The van der Waals surface area contributed by atoms with Crippen molar-refractivity contribution in [3.63, 3.8) is 0 Å². The highest BCUT2D eigenvalue weighted by Gasteiger charge is 2.23. The van der Waals surface area contributed by atoms with Gasteiger partial charge in [-0.2, -0.15) is 0 Å². The fourth-order valence-corrected chi connectivity index (χ4v) is 3.59. The van der Waals surface area contributed by atoms with Gasteiger partial charge in [0.25, 0.3) is 0 Å². The van der Waals surface area contributed by atoms with Crippen molar-refractivity contribution in [2.45, 2.75) is 23.8 Å². The van der Waals surface area contributed by atoms with Gasteiger partial charge in [0.15, 0.2) is 0 Å². The lowest BCUT2D eigenvalue weighted by Crippen LogP contribution is -2.38. The zero-order valence-electron chi connectivity index (χ0n) is 11.4. The van der Waals surface area contributed by atoms with Gasteiger partial charge < -0.3 is 10.6 Å². The van der Waals surface area contributed by atoms with Gasteiger partial charge in [-0.1, -0.05) is 24.4 Å². The molecule has 1 aromatic rings. The molecule has 1 unspecified atom stereocenters. The number of likely N-dealkylation sites (tertiary alicyclic amines) is 1. The number of nitrogens with zero attached hydrogens (tertiary/aromatic N) is 1. The fourth-order valence-electron chi connectivity index (χ4n) is 2.34. The lowest BCUT2D eigenvalue weighted by atomic mass is 10.2. The van der Waals surface area contributed by atoms with E-state index in [1.54, 1.807) is 18.2 Å². The third-order valence-corrected chi connectivity index (χ3v) is 5.27. The lowest BCUT2D eigenvalue weighted by Gasteiger charge is -2.19. The second kappa shape index (κ2) is 6.17. The van der Waals surface area contributed by atoms with E-state index in [1.807, 2.05) is 7.05 Å². The molecule has 110 valence electrons. The molecule has 5 nitrogen and oxygen atoms in total. The molecule has 0 bridgehead atoms. The standard InChI is InChI=1S/C13H19N3O2S2/c1-16-7-3-5-11(16)9-15-20(17,18)12-6-2-4-10(8-12)13(14)19/h2,4,6,8,11,15H,3,5,7,9H2,1H3,(H2,14,19). The minimum Gasteiger partial charge on any atom is -0.389 e. The topological polar surface area (TPSA) is 75.4 Å². The van der Waals surface area contributed by atoms with E-state index in [1.165, 1.54) is 6.07 Å². The van der Waals surface area contributed by atoms with Gasteiger partial charge in [0, 0.05) is 18.2 Å². The van der Waals surface area contributed by atoms with Crippen molar-refractivity contribution in [1.82, 2.24) is 9.62 Å². The number of nitrogens with one attached hydrogen (secondary N) is 1. The van der Waals surface area contributed by atoms with Crippen LogP contribution in [0.1, 0.15) is 18.4 Å². The maximum absolute atomic E-state index is 12.3. The van der Waals surface area contributed by atoms with Crippen molar-refractivity contribution < 1.29 is 8.42 Å². The molecule has 0 saturated carbocycles. The summed E-state index contributed by atoms with van der Waals surface area (Å²) in [5, 5.41) is 0. The van der Waals surface area contributed by atoms with E-state index in [9.17, 15) is 8.42 Å². The van der Waals surface area contributed by atoms with Crippen molar-refractivity contribution in [1.29, 1.82) is 0 Å². The summed E-state index contributed by atoms with van der Waals surface area (Å²) in [6.07, 6.45) is 2.13. The summed E-state index contributed by atoms with van der Waals surface area (Å²) in [6, 6.07) is 6.66. The SMILES string of the molecule is CN1CCCC1CNS(=O)(=O)c1cccc(C(N)=S)c1. The van der Waals surface area contributed by atoms with Crippen LogP contribution in [-0.2, 0) is 10.0 Å². The highest BCUT2D eigenvalue weighted by molar-refractivity contribution is 7.89. The van der Waals surface area contributed by atoms with Crippen molar-refractivity contribution in [2.24, 2.45) is 5.73 Å². The third-order valence-electron chi connectivity index (χ3n) is 3.61. The Morgan fingerprint density at radius 1 is 1.55 bits per heavy atom. The minimum absolute atomic E-state index is 0.192. The first-order valence-corrected chi connectivity index (χ1v) is 8.39. The van der Waals surface area contributed by atoms with Crippen LogP contribution in [-0.4, -0.2) is 44.5 Å². The van der Waals surface area contributed by atoms with Crippen molar-refractivity contribution >= 4 is 27.2 Å². The molecule has 0 amide bonds. The lowest BCUT2D eigenvalue weighted by molar-refractivity contribution is 0.311. The molecular weight excluding hydrogens is 294 g/mol. The number of likely N-dealkylation sites (N-methyl/N-ethyl adjacent to an activating group) is 1. The van der Waals surface area contributed by atoms with E-state index in [-0.39, 0.29) is 15.9 Å². The zero-order valence-corrected chi connectivity index (χ0v) is 13.0. The predicted molar refractivity (Wildman–Crippen MR) is 83.2 cm³/mol. The van der Waals surface area contributed by atoms with E-state index in [2.05, 4.69) is 9.62 Å². The summed E-state index contributed by atoms with van der Waals surface area (Å²) in [7, 11) is -1.51. The average molecular weight is 313 g/mol. The molecule has 1 atom stereocenters. The normalized spacial score (nSPS) is 20.1. The first-order valence-electron chi connectivity index (χ1n) is 6.50. The smallest absolute Gasteiger partial charge is 0.240 e. The van der Waals surface area contributed by atoms with Crippen LogP contribution in [0.5, 0.6) is 0 Å². The largest absolute Gasteiger partial charge is 0.389 e. The molecule has 1 aliphatic heterocycles. The number of benzene rings is 1. The Morgan fingerprint density at radius 3 is 2.90 bits per heavy atom. The number of sulfonamides is 1. The Hall–Kier alpha value is -1.02. The first-order chi connectivity index (χ1) is 9.40. The summed E-state index contributed by atoms with van der Waals surface area (Å²) in [6.45, 7) is 1.44. The molecule has 1 fully saturated rings. The van der Waals surface area contributed by atoms with Gasteiger partial charge in [-0.05, 0) is 38.6 Å². The van der Waals surface area contributed by atoms with Gasteiger partial charge in [0.2, 0.25) is 10.0 Å². The second-order valence-electron chi connectivity index (χ2n) is 5.02. The molecule has 0 spiro atoms. The zero-order chi connectivity index (χ0) is 14.8. The molecule has 20 heavy (non-hydrogen) atoms. The highest BCUT2D eigenvalue weighted by atomic mass is 32.2. The van der Waals surface area contributed by atoms with E-state index in [0.29, 0.717) is 12.1 Å². The Kier molecular flexibility index (Phi) is 4.74. The van der Waals surface area contributed by atoms with Crippen LogP contribution in [0.15, 0.2) is 29.2 Å². The van der Waals surface area contributed by atoms with Crippen molar-refractivity contribution in [3.8, 4) is 0 Å². The van der Waals surface area contributed by atoms with Crippen LogP contribution < -0.4 is 10.5 Å². The van der Waals surface area contributed by atoms with Gasteiger partial charge in [0.05, 0.1) is 4.90 Å². The van der Waals surface area contributed by atoms with E-state index < -0.39 is 10.0 Å². The van der Waals surface area contributed by atoms with E-state index >= 15 is 0 Å². The van der Waals surface area contributed by atoms with Crippen molar-refractivity contribution in [3.05, 3.63) is 29.8 Å². The fraction of sp³-hybridized carbons (Fsp3) is 0.462. The molecule has 1 aromatic carbocycles. The van der Waals surface area contributed by atoms with Gasteiger partial charge in [-0.25, -0.2) is 13.1 Å². The summed E-state index contributed by atoms with van der Waals surface area (Å²) >= 11 is 4.87. The Morgan fingerprint density at radius 2 is 2.30 bits per heavy atom. The maximum atomic E-state index is 12.3. The number of thiocarbonyl (C=S) groups is 1. The Labute approximate surface area is 125 Å². The highest BCUT2D eigenvalue weighted by Crippen LogP contribution is 2.16. The maximum Gasteiger partial charge on any atom is 0.240 e. The molecule has 1 heterocycles. The van der Waals surface area contributed by atoms with E-state index in [0.717, 1.165) is 19.4 Å². The summed E-state index contributed by atoms with van der Waals surface area (Å²) in [5.74, 6) is 0. The van der Waals surface area contributed by atoms with Crippen LogP contribution in [0, 0.1) is 0 Å². The van der Waals surface area contributed by atoms with Gasteiger partial charge in [-0.15, -0.1) is 0 Å². The van der Waals surface area contributed by atoms with Crippen molar-refractivity contribution in [2.75, 3.05) is 20.1 Å². The number of hydrogen-bond donors (Lipinski definition) is 2. The van der Waals surface area contributed by atoms with Crippen LogP contribution in [0.25, 0.3) is 0 Å². The second-order valence-corrected chi connectivity index (χ2v) is 7.23. The molecule has 2 rings (SSSR count). The minimum atomic E-state index is -3.52. The molecule has 0 radical (unpaired) electrons. The molecule has 3 N–H and O–H groups in total. The number of rotatable bonds is 5. The number of nitrogens with two attached hydrogens (primary N) is 1. The summed E-state index contributed by atoms with van der Waals surface area (Å²) < 4.78 is 27.2. The van der Waals surface area contributed by atoms with Crippen LogP contribution >= 0.6 is 12.2 Å². The summed E-state index contributed by atoms with van der Waals surface area (Å²) in [5.41, 5.74) is 6.08. The van der Waals surface area contributed by atoms with Crippen LogP contribution in [0.3, 0.4) is 0 Å². The number of hydrogen-bond acceptors (Lipinski definition) is 4. The predicted octanol–water partition coefficient (Wildman–Crippen LogP) is 0.693. The molecule has 1 saturated heterocycles. The Bertz CT molecular complexity index is 601. The van der Waals surface area contributed by atoms with Crippen LogP contribution in [0.2, 0.25) is 0 Å². The quantitative estimate of drug-likeness (QED) is 0.783. The monoisotopic (exact) mass is 313 g/mol. The van der Waals surface area contributed by atoms with Gasteiger partial charge >= 0.3 is 0 Å². The Balaban J connectivity index is 2.10. The molecular formula is C13H19N3O2S2. The molecule has 1 aliphatic rings. The van der Waals surface area contributed by atoms with Gasteiger partial charge in [0.1, 0.15) is 4.99 Å². The molecule has 7 heteroatoms. The molecule has 0 aliphatic carbocycles. The van der Waals surface area contributed by atoms with E-state index in [4.69, 9.17) is 18.0 Å². The molecule has 0 aromatic heterocycles. The van der Waals surface area contributed by atoms with Gasteiger partial charge in [-0.3, -0.25) is 0 Å². The summed E-state index contributed by atoms with van der Waals surface area (Å²) in [4.78, 5) is 2.56. The first kappa shape index (κ1) is 15.4. The van der Waals surface area contributed by atoms with Crippen LogP contribution in [0.4, 0.5) is 0 Å².